The van der Waals surface area contributed by atoms with Gasteiger partial charge < -0.3 is 4.74 Å². The first-order chi connectivity index (χ1) is 10.4. The number of fused-ring (bicyclic) bond motifs is 1. The SMILES string of the molecule is C1=[N+](c2ccccc2)COc2c1cccc2-c1cccs1. The third-order valence-electron chi connectivity index (χ3n) is 3.56. The Morgan fingerprint density at radius 1 is 0.905 bits per heavy atom. The van der Waals surface area contributed by atoms with Crippen LogP contribution in [0.1, 0.15) is 5.56 Å². The first kappa shape index (κ1) is 12.4. The smallest absolute Gasteiger partial charge is 0.292 e. The monoisotopic (exact) mass is 292 g/mol. The molecule has 102 valence electrons. The molecule has 1 aromatic heterocycles. The van der Waals surface area contributed by atoms with Gasteiger partial charge in [0.15, 0.2) is 6.21 Å². The molecule has 0 N–H and O–H groups in total. The second kappa shape index (κ2) is 5.19. The van der Waals surface area contributed by atoms with Crippen molar-refractivity contribution in [2.24, 2.45) is 0 Å². The number of ether oxygens (including phenoxy) is 1. The van der Waals surface area contributed by atoms with E-state index in [0.717, 1.165) is 17.0 Å². The predicted molar refractivity (Wildman–Crippen MR) is 86.8 cm³/mol. The molecule has 0 aliphatic carbocycles. The number of hydrogen-bond acceptors (Lipinski definition) is 2. The van der Waals surface area contributed by atoms with Crippen LogP contribution in [-0.2, 0) is 0 Å². The highest BCUT2D eigenvalue weighted by Gasteiger charge is 2.21. The minimum Gasteiger partial charge on any atom is -0.434 e. The van der Waals surface area contributed by atoms with Crippen LogP contribution in [0.4, 0.5) is 5.69 Å². The Balaban J connectivity index is 1.81. The number of rotatable bonds is 2. The van der Waals surface area contributed by atoms with E-state index in [1.807, 2.05) is 18.2 Å². The van der Waals surface area contributed by atoms with Gasteiger partial charge in [0.2, 0.25) is 5.69 Å². The molecule has 0 fully saturated rings. The summed E-state index contributed by atoms with van der Waals surface area (Å²) in [6.45, 7) is 0.541. The van der Waals surface area contributed by atoms with Crippen LogP contribution in [-0.4, -0.2) is 17.5 Å². The molecule has 3 heteroatoms. The van der Waals surface area contributed by atoms with Crippen molar-refractivity contribution in [1.82, 2.24) is 0 Å². The predicted octanol–water partition coefficient (Wildman–Crippen LogP) is 4.53. The zero-order valence-corrected chi connectivity index (χ0v) is 12.2. The van der Waals surface area contributed by atoms with Crippen molar-refractivity contribution in [2.75, 3.05) is 6.73 Å². The van der Waals surface area contributed by atoms with Crippen LogP contribution < -0.4 is 4.74 Å². The Bertz CT molecular complexity index is 791. The van der Waals surface area contributed by atoms with Crippen LogP contribution >= 0.6 is 11.3 Å². The summed E-state index contributed by atoms with van der Waals surface area (Å²) in [6, 6.07) is 20.8. The fourth-order valence-corrected chi connectivity index (χ4v) is 3.30. The number of benzene rings is 2. The number of hydrogen-bond donors (Lipinski definition) is 0. The van der Waals surface area contributed by atoms with E-state index in [0.29, 0.717) is 6.73 Å². The van der Waals surface area contributed by atoms with Crippen LogP contribution in [0, 0.1) is 0 Å². The molecule has 0 amide bonds. The largest absolute Gasteiger partial charge is 0.434 e. The third kappa shape index (κ3) is 2.26. The lowest BCUT2D eigenvalue weighted by atomic mass is 10.1. The van der Waals surface area contributed by atoms with Gasteiger partial charge in [0.05, 0.1) is 5.56 Å². The van der Waals surface area contributed by atoms with Crippen molar-refractivity contribution in [3.8, 4) is 16.2 Å². The standard InChI is InChI=1S/C18H14NOS/c1-2-7-15(8-3-1)19-12-14-6-4-9-16(18(14)20-13-19)17-10-5-11-21-17/h1-12H,13H2/q+1. The van der Waals surface area contributed by atoms with Gasteiger partial charge in [-0.05, 0) is 23.6 Å². The van der Waals surface area contributed by atoms with Crippen LogP contribution in [0.3, 0.4) is 0 Å². The van der Waals surface area contributed by atoms with Gasteiger partial charge >= 0.3 is 0 Å². The summed E-state index contributed by atoms with van der Waals surface area (Å²) >= 11 is 1.74. The Morgan fingerprint density at radius 3 is 2.62 bits per heavy atom. The summed E-state index contributed by atoms with van der Waals surface area (Å²) in [5.41, 5.74) is 3.44. The quantitative estimate of drug-likeness (QED) is 0.632. The van der Waals surface area contributed by atoms with Gasteiger partial charge in [0.1, 0.15) is 5.75 Å². The molecule has 0 spiro atoms. The topological polar surface area (TPSA) is 12.2 Å². The van der Waals surface area contributed by atoms with Crippen molar-refractivity contribution in [3.05, 3.63) is 71.6 Å². The molecule has 0 bridgehead atoms. The molecule has 0 radical (unpaired) electrons. The highest BCUT2D eigenvalue weighted by Crippen LogP contribution is 2.36. The van der Waals surface area contributed by atoms with E-state index >= 15 is 0 Å². The average molecular weight is 292 g/mol. The Labute approximate surface area is 127 Å². The molecule has 21 heavy (non-hydrogen) atoms. The molecule has 2 aromatic carbocycles. The van der Waals surface area contributed by atoms with Gasteiger partial charge in [0, 0.05) is 22.6 Å². The minimum atomic E-state index is 0.541. The van der Waals surface area contributed by atoms with E-state index in [2.05, 4.69) is 58.6 Å². The average Bonchev–Trinajstić information content (AvgIpc) is 3.09. The van der Waals surface area contributed by atoms with Crippen molar-refractivity contribution < 1.29 is 9.31 Å². The minimum absolute atomic E-state index is 0.541. The van der Waals surface area contributed by atoms with Gasteiger partial charge in [-0.15, -0.1) is 11.3 Å². The maximum atomic E-state index is 6.05. The molecule has 0 saturated carbocycles. The van der Waals surface area contributed by atoms with E-state index in [4.69, 9.17) is 4.74 Å². The molecular weight excluding hydrogens is 278 g/mol. The van der Waals surface area contributed by atoms with E-state index in [-0.39, 0.29) is 0 Å². The normalized spacial score (nSPS) is 13.2. The highest BCUT2D eigenvalue weighted by molar-refractivity contribution is 7.13. The zero-order chi connectivity index (χ0) is 14.1. The van der Waals surface area contributed by atoms with Gasteiger partial charge in [-0.3, -0.25) is 0 Å². The summed E-state index contributed by atoms with van der Waals surface area (Å²) in [5.74, 6) is 0.979. The summed E-state index contributed by atoms with van der Waals surface area (Å²) in [4.78, 5) is 1.24. The van der Waals surface area contributed by atoms with Crippen LogP contribution in [0.25, 0.3) is 10.4 Å². The molecule has 1 aliphatic heterocycles. The lowest BCUT2D eigenvalue weighted by Gasteiger charge is -2.16. The molecule has 0 atom stereocenters. The Morgan fingerprint density at radius 2 is 1.81 bits per heavy atom. The number of para-hydroxylation sites is 2. The lowest BCUT2D eigenvalue weighted by Crippen LogP contribution is -2.20. The molecule has 2 heterocycles. The third-order valence-corrected chi connectivity index (χ3v) is 4.47. The van der Waals surface area contributed by atoms with Crippen molar-refractivity contribution in [1.29, 1.82) is 0 Å². The van der Waals surface area contributed by atoms with Crippen molar-refractivity contribution in [2.45, 2.75) is 0 Å². The fraction of sp³-hybridized carbons (Fsp3) is 0.0556. The van der Waals surface area contributed by atoms with Gasteiger partial charge in [-0.1, -0.05) is 30.3 Å². The second-order valence-corrected chi connectivity index (χ2v) is 5.86. The summed E-state index contributed by atoms with van der Waals surface area (Å²) in [5, 5.41) is 2.09. The van der Waals surface area contributed by atoms with Crippen LogP contribution in [0.15, 0.2) is 66.0 Å². The van der Waals surface area contributed by atoms with Gasteiger partial charge in [0.25, 0.3) is 6.73 Å². The van der Waals surface area contributed by atoms with Gasteiger partial charge in [-0.25, -0.2) is 0 Å². The van der Waals surface area contributed by atoms with E-state index in [1.54, 1.807) is 11.3 Å². The first-order valence-electron chi connectivity index (χ1n) is 6.88. The highest BCUT2D eigenvalue weighted by atomic mass is 32.1. The van der Waals surface area contributed by atoms with E-state index < -0.39 is 0 Å². The van der Waals surface area contributed by atoms with Crippen LogP contribution in [0.5, 0.6) is 5.75 Å². The van der Waals surface area contributed by atoms with Crippen molar-refractivity contribution in [3.63, 3.8) is 0 Å². The zero-order valence-electron chi connectivity index (χ0n) is 11.4. The number of thiophene rings is 1. The van der Waals surface area contributed by atoms with Crippen LogP contribution in [0.2, 0.25) is 0 Å². The summed E-state index contributed by atoms with van der Waals surface area (Å²) < 4.78 is 8.17. The molecule has 0 unspecified atom stereocenters. The second-order valence-electron chi connectivity index (χ2n) is 4.91. The number of nitrogens with zero attached hydrogens (tertiary/aromatic N) is 1. The van der Waals surface area contributed by atoms with Gasteiger partial charge in [-0.2, -0.15) is 4.58 Å². The van der Waals surface area contributed by atoms with Crippen molar-refractivity contribution >= 4 is 23.2 Å². The maximum Gasteiger partial charge on any atom is 0.292 e. The maximum absolute atomic E-state index is 6.05. The first-order valence-corrected chi connectivity index (χ1v) is 7.76. The molecule has 2 nitrogen and oxygen atoms in total. The molecule has 1 aliphatic rings. The molecular formula is C18H14NOS+. The summed E-state index contributed by atoms with van der Waals surface area (Å²) in [7, 11) is 0. The van der Waals surface area contributed by atoms with E-state index in [9.17, 15) is 0 Å². The lowest BCUT2D eigenvalue weighted by molar-refractivity contribution is -0.476. The summed E-state index contributed by atoms with van der Waals surface area (Å²) in [6.07, 6.45) is 2.16. The Kier molecular flexibility index (Phi) is 3.05. The Hall–Kier alpha value is -2.39. The van der Waals surface area contributed by atoms with E-state index in [1.165, 1.54) is 10.4 Å². The fourth-order valence-electron chi connectivity index (χ4n) is 2.55. The molecule has 4 rings (SSSR count). The molecule has 3 aromatic rings. The molecule has 0 saturated heterocycles.